The molecule has 0 aliphatic rings. The summed E-state index contributed by atoms with van der Waals surface area (Å²) in [6, 6.07) is 2.19. The lowest BCUT2D eigenvalue weighted by Crippen LogP contribution is -1.92. The van der Waals surface area contributed by atoms with Crippen LogP contribution in [0.1, 0.15) is 42.3 Å². The molecule has 0 saturated heterocycles. The summed E-state index contributed by atoms with van der Waals surface area (Å²) in [7, 11) is 0. The molecule has 0 N–H and O–H groups in total. The third-order valence-corrected chi connectivity index (χ3v) is 3.08. The fraction of sp³-hybridized carbons (Fsp3) is 0.600. The average Bonchev–Trinajstić information content (AvgIpc) is 2.48. The molecule has 13 heavy (non-hydrogen) atoms. The lowest BCUT2D eigenvalue weighted by Gasteiger charge is -2.00. The van der Waals surface area contributed by atoms with Crippen molar-refractivity contribution in [1.29, 1.82) is 5.26 Å². The molecule has 2 nitrogen and oxygen atoms in total. The topological polar surface area (TPSA) is 36.7 Å². The first-order valence-corrected chi connectivity index (χ1v) is 5.36. The van der Waals surface area contributed by atoms with Gasteiger partial charge in [0.2, 0.25) is 0 Å². The second-order valence-corrected chi connectivity index (χ2v) is 4.43. The van der Waals surface area contributed by atoms with Crippen LogP contribution < -0.4 is 0 Å². The predicted octanol–water partition coefficient (Wildman–Crippen LogP) is 2.89. The Balaban J connectivity index is 3.01. The Morgan fingerprint density at radius 1 is 1.54 bits per heavy atom. The Bertz CT molecular complexity index is 320. The van der Waals surface area contributed by atoms with E-state index in [9.17, 15) is 0 Å². The summed E-state index contributed by atoms with van der Waals surface area (Å²) in [6.07, 6.45) is 1.47. The highest BCUT2D eigenvalue weighted by molar-refractivity contribution is 7.11. The summed E-state index contributed by atoms with van der Waals surface area (Å²) in [5, 5.41) is 9.78. The molecular formula is C10H14N2S. The summed E-state index contributed by atoms with van der Waals surface area (Å²) >= 11 is 1.68. The highest BCUT2D eigenvalue weighted by Crippen LogP contribution is 2.25. The molecule has 0 aromatic carbocycles. The van der Waals surface area contributed by atoms with E-state index in [0.29, 0.717) is 12.3 Å². The number of hydrogen-bond donors (Lipinski definition) is 0. The van der Waals surface area contributed by atoms with Crippen LogP contribution in [0.5, 0.6) is 0 Å². The van der Waals surface area contributed by atoms with Gasteiger partial charge in [0.05, 0.1) is 23.2 Å². The maximum Gasteiger partial charge on any atom is 0.0928 e. The molecule has 3 heteroatoms. The first-order valence-electron chi connectivity index (χ1n) is 4.54. The Kier molecular flexibility index (Phi) is 3.44. The van der Waals surface area contributed by atoms with Crippen LogP contribution in [0.25, 0.3) is 0 Å². The standard InChI is InChI=1S/C10H14N2S/c1-4-9-12-10(7(2)3)8(13-9)5-6-11/h7H,4-5H2,1-3H3. The number of aryl methyl sites for hydroxylation is 1. The molecule has 1 rings (SSSR count). The Morgan fingerprint density at radius 3 is 2.69 bits per heavy atom. The summed E-state index contributed by atoms with van der Waals surface area (Å²) < 4.78 is 0. The summed E-state index contributed by atoms with van der Waals surface area (Å²) in [5.41, 5.74) is 1.11. The van der Waals surface area contributed by atoms with E-state index >= 15 is 0 Å². The van der Waals surface area contributed by atoms with E-state index in [2.05, 4.69) is 31.8 Å². The van der Waals surface area contributed by atoms with Gasteiger partial charge in [-0.2, -0.15) is 5.26 Å². The quantitative estimate of drug-likeness (QED) is 0.741. The van der Waals surface area contributed by atoms with Crippen LogP contribution in [0.3, 0.4) is 0 Å². The molecule has 0 amide bonds. The van der Waals surface area contributed by atoms with Crippen LogP contribution in [0.15, 0.2) is 0 Å². The van der Waals surface area contributed by atoms with Gasteiger partial charge in [-0.05, 0) is 12.3 Å². The van der Waals surface area contributed by atoms with Crippen molar-refractivity contribution in [2.24, 2.45) is 0 Å². The van der Waals surface area contributed by atoms with Crippen molar-refractivity contribution in [3.05, 3.63) is 15.6 Å². The normalized spacial score (nSPS) is 10.4. The van der Waals surface area contributed by atoms with E-state index in [0.717, 1.165) is 22.0 Å². The van der Waals surface area contributed by atoms with Gasteiger partial charge in [-0.3, -0.25) is 0 Å². The van der Waals surface area contributed by atoms with Gasteiger partial charge in [0, 0.05) is 4.88 Å². The first-order chi connectivity index (χ1) is 6.19. The van der Waals surface area contributed by atoms with Crippen LogP contribution in [-0.2, 0) is 12.8 Å². The third-order valence-electron chi connectivity index (χ3n) is 1.86. The minimum Gasteiger partial charge on any atom is -0.246 e. The van der Waals surface area contributed by atoms with Crippen molar-refractivity contribution in [2.75, 3.05) is 0 Å². The molecule has 1 aromatic heterocycles. The van der Waals surface area contributed by atoms with Gasteiger partial charge in [-0.25, -0.2) is 4.98 Å². The van der Waals surface area contributed by atoms with Crippen molar-refractivity contribution in [3.63, 3.8) is 0 Å². The van der Waals surface area contributed by atoms with E-state index in [1.165, 1.54) is 0 Å². The van der Waals surface area contributed by atoms with Gasteiger partial charge >= 0.3 is 0 Å². The zero-order chi connectivity index (χ0) is 9.84. The maximum atomic E-state index is 8.64. The molecular weight excluding hydrogens is 180 g/mol. The van der Waals surface area contributed by atoms with Gasteiger partial charge in [0.15, 0.2) is 0 Å². The van der Waals surface area contributed by atoms with E-state index < -0.39 is 0 Å². The predicted molar refractivity (Wildman–Crippen MR) is 54.9 cm³/mol. The monoisotopic (exact) mass is 194 g/mol. The summed E-state index contributed by atoms with van der Waals surface area (Å²) in [4.78, 5) is 5.66. The van der Waals surface area contributed by atoms with Gasteiger partial charge < -0.3 is 0 Å². The second kappa shape index (κ2) is 4.38. The summed E-state index contributed by atoms with van der Waals surface area (Å²) in [5.74, 6) is 0.430. The van der Waals surface area contributed by atoms with Gasteiger partial charge in [0.25, 0.3) is 0 Å². The number of thiazole rings is 1. The molecule has 0 fully saturated rings. The van der Waals surface area contributed by atoms with E-state index in [1.54, 1.807) is 11.3 Å². The van der Waals surface area contributed by atoms with E-state index in [1.807, 2.05) is 0 Å². The molecule has 0 atom stereocenters. The molecule has 0 radical (unpaired) electrons. The molecule has 0 spiro atoms. The zero-order valence-corrected chi connectivity index (χ0v) is 9.11. The molecule has 70 valence electrons. The second-order valence-electron chi connectivity index (χ2n) is 3.26. The van der Waals surface area contributed by atoms with Crippen LogP contribution in [0, 0.1) is 11.3 Å². The van der Waals surface area contributed by atoms with Crippen LogP contribution in [0.4, 0.5) is 0 Å². The van der Waals surface area contributed by atoms with Crippen LogP contribution >= 0.6 is 11.3 Å². The van der Waals surface area contributed by atoms with Crippen molar-refractivity contribution >= 4 is 11.3 Å². The van der Waals surface area contributed by atoms with Crippen molar-refractivity contribution < 1.29 is 0 Å². The molecule has 1 heterocycles. The fourth-order valence-corrected chi connectivity index (χ4v) is 2.31. The maximum absolute atomic E-state index is 8.64. The van der Waals surface area contributed by atoms with Gasteiger partial charge in [-0.1, -0.05) is 20.8 Å². The molecule has 0 saturated carbocycles. The first kappa shape index (κ1) is 10.2. The minimum absolute atomic E-state index is 0.430. The van der Waals surface area contributed by atoms with Crippen molar-refractivity contribution in [3.8, 4) is 6.07 Å². The lowest BCUT2D eigenvalue weighted by atomic mass is 10.1. The summed E-state index contributed by atoms with van der Waals surface area (Å²) in [6.45, 7) is 6.34. The number of nitrogens with zero attached hydrogens (tertiary/aromatic N) is 2. The number of rotatable bonds is 3. The fourth-order valence-electron chi connectivity index (χ4n) is 1.21. The molecule has 0 unspecified atom stereocenters. The highest BCUT2D eigenvalue weighted by atomic mass is 32.1. The van der Waals surface area contributed by atoms with Crippen molar-refractivity contribution in [2.45, 2.75) is 39.5 Å². The van der Waals surface area contributed by atoms with E-state index in [-0.39, 0.29) is 0 Å². The van der Waals surface area contributed by atoms with Crippen LogP contribution in [-0.4, -0.2) is 4.98 Å². The van der Waals surface area contributed by atoms with Gasteiger partial charge in [-0.15, -0.1) is 11.3 Å². The number of aromatic nitrogens is 1. The van der Waals surface area contributed by atoms with E-state index in [4.69, 9.17) is 5.26 Å². The Labute approximate surface area is 83.2 Å². The molecule has 0 aliphatic heterocycles. The zero-order valence-electron chi connectivity index (χ0n) is 8.29. The third kappa shape index (κ3) is 2.28. The molecule has 0 bridgehead atoms. The SMILES string of the molecule is CCc1nc(C(C)C)c(CC#N)s1. The van der Waals surface area contributed by atoms with Crippen LogP contribution in [0.2, 0.25) is 0 Å². The smallest absolute Gasteiger partial charge is 0.0928 e. The van der Waals surface area contributed by atoms with Gasteiger partial charge in [0.1, 0.15) is 0 Å². The minimum atomic E-state index is 0.430. The Hall–Kier alpha value is -0.880. The number of hydrogen-bond acceptors (Lipinski definition) is 3. The molecule has 1 aromatic rings. The average molecular weight is 194 g/mol. The highest BCUT2D eigenvalue weighted by Gasteiger charge is 2.12. The van der Waals surface area contributed by atoms with Crippen molar-refractivity contribution in [1.82, 2.24) is 4.98 Å². The molecule has 0 aliphatic carbocycles. The lowest BCUT2D eigenvalue weighted by molar-refractivity contribution is 0.812. The number of nitriles is 1. The Morgan fingerprint density at radius 2 is 2.23 bits per heavy atom. The largest absolute Gasteiger partial charge is 0.246 e.